The van der Waals surface area contributed by atoms with Crippen molar-refractivity contribution in [2.45, 2.75) is 6.18 Å². The van der Waals surface area contributed by atoms with Crippen molar-refractivity contribution in [3.05, 3.63) is 35.6 Å². The summed E-state index contributed by atoms with van der Waals surface area (Å²) in [6.07, 6.45) is -4.46. The van der Waals surface area contributed by atoms with Gasteiger partial charge in [0, 0.05) is 17.4 Å². The Kier molecular flexibility index (Phi) is 5.13. The van der Waals surface area contributed by atoms with Crippen molar-refractivity contribution in [1.82, 2.24) is 4.90 Å². The number of alkyl halides is 4. The molecule has 0 unspecified atom stereocenters. The highest BCUT2D eigenvalue weighted by atomic mass is 79.9. The summed E-state index contributed by atoms with van der Waals surface area (Å²) in [5.74, 6) is -1.32. The quantitative estimate of drug-likeness (QED) is 0.614. The van der Waals surface area contributed by atoms with Crippen LogP contribution in [0.5, 0.6) is 0 Å². The second-order valence-electron chi connectivity index (χ2n) is 3.54. The van der Waals surface area contributed by atoms with Gasteiger partial charge in [-0.1, -0.05) is 15.9 Å². The number of halogens is 5. The molecule has 0 bridgehead atoms. The first kappa shape index (κ1) is 14.9. The summed E-state index contributed by atoms with van der Waals surface area (Å²) in [5.41, 5.74) is 0.0293. The molecule has 0 aliphatic carbocycles. The van der Waals surface area contributed by atoms with Gasteiger partial charge in [-0.25, -0.2) is 4.39 Å². The normalized spacial score (nSPS) is 11.4. The van der Waals surface area contributed by atoms with Crippen molar-refractivity contribution in [3.63, 3.8) is 0 Å². The van der Waals surface area contributed by atoms with Gasteiger partial charge in [-0.2, -0.15) is 13.2 Å². The Balaban J connectivity index is 2.85. The molecule has 1 rings (SSSR count). The molecular formula is C11H10BrF4NO. The van der Waals surface area contributed by atoms with Gasteiger partial charge < -0.3 is 4.90 Å². The molecule has 100 valence electrons. The van der Waals surface area contributed by atoms with Gasteiger partial charge in [-0.15, -0.1) is 0 Å². The van der Waals surface area contributed by atoms with Gasteiger partial charge in [-0.3, -0.25) is 4.79 Å². The summed E-state index contributed by atoms with van der Waals surface area (Å²) in [7, 11) is 0. The summed E-state index contributed by atoms with van der Waals surface area (Å²) in [5, 5.41) is 0.232. The molecule has 1 amide bonds. The Morgan fingerprint density at radius 1 is 1.22 bits per heavy atom. The molecule has 0 aliphatic rings. The Morgan fingerprint density at radius 2 is 1.78 bits per heavy atom. The van der Waals surface area contributed by atoms with Gasteiger partial charge in [0.2, 0.25) is 0 Å². The fraction of sp³-hybridized carbons (Fsp3) is 0.364. The van der Waals surface area contributed by atoms with Crippen LogP contribution in [0, 0.1) is 5.82 Å². The zero-order chi connectivity index (χ0) is 13.8. The molecule has 7 heteroatoms. The van der Waals surface area contributed by atoms with Crippen molar-refractivity contribution in [3.8, 4) is 0 Å². The van der Waals surface area contributed by atoms with Crippen LogP contribution in [0.3, 0.4) is 0 Å². The number of carbonyl (C=O) groups is 1. The molecular weight excluding hydrogens is 318 g/mol. The van der Waals surface area contributed by atoms with Crippen LogP contribution in [0.1, 0.15) is 10.4 Å². The predicted octanol–water partition coefficient (Wildman–Crippen LogP) is 3.23. The Hall–Kier alpha value is -1.11. The third-order valence-electron chi connectivity index (χ3n) is 2.10. The Morgan fingerprint density at radius 3 is 2.22 bits per heavy atom. The van der Waals surface area contributed by atoms with Gasteiger partial charge in [0.25, 0.3) is 5.91 Å². The van der Waals surface area contributed by atoms with E-state index >= 15 is 0 Å². The van der Waals surface area contributed by atoms with Crippen LogP contribution in [0.4, 0.5) is 17.6 Å². The van der Waals surface area contributed by atoms with E-state index in [9.17, 15) is 22.4 Å². The first-order valence-corrected chi connectivity index (χ1v) is 6.13. The second-order valence-corrected chi connectivity index (χ2v) is 4.33. The third-order valence-corrected chi connectivity index (χ3v) is 2.46. The maximum absolute atomic E-state index is 12.7. The van der Waals surface area contributed by atoms with Crippen molar-refractivity contribution in [2.24, 2.45) is 0 Å². The van der Waals surface area contributed by atoms with Crippen molar-refractivity contribution < 1.29 is 22.4 Å². The smallest absolute Gasteiger partial charge is 0.329 e. The van der Waals surface area contributed by atoms with Gasteiger partial charge in [0.05, 0.1) is 0 Å². The molecule has 0 heterocycles. The van der Waals surface area contributed by atoms with Crippen LogP contribution < -0.4 is 0 Å². The minimum Gasteiger partial charge on any atom is -0.329 e. The lowest BCUT2D eigenvalue weighted by molar-refractivity contribution is -0.140. The van der Waals surface area contributed by atoms with Gasteiger partial charge in [0.15, 0.2) is 0 Å². The highest BCUT2D eigenvalue weighted by Gasteiger charge is 2.33. The minimum absolute atomic E-state index is 0.0293. The monoisotopic (exact) mass is 327 g/mol. The van der Waals surface area contributed by atoms with Crippen LogP contribution in [-0.2, 0) is 0 Å². The van der Waals surface area contributed by atoms with E-state index in [-0.39, 0.29) is 17.4 Å². The van der Waals surface area contributed by atoms with E-state index in [0.29, 0.717) is 4.90 Å². The standard InChI is InChI=1S/C11H10BrF4NO/c12-5-6-17(7-11(14,15)16)10(18)8-1-3-9(13)4-2-8/h1-4H,5-7H2. The number of hydrogen-bond acceptors (Lipinski definition) is 1. The van der Waals surface area contributed by atoms with Crippen molar-refractivity contribution in [1.29, 1.82) is 0 Å². The molecule has 0 aliphatic heterocycles. The maximum atomic E-state index is 12.7. The van der Waals surface area contributed by atoms with E-state index in [2.05, 4.69) is 15.9 Å². The molecule has 0 fully saturated rings. The SMILES string of the molecule is O=C(c1ccc(F)cc1)N(CCBr)CC(F)(F)F. The summed E-state index contributed by atoms with van der Waals surface area (Å²) in [4.78, 5) is 12.5. The molecule has 0 spiro atoms. The number of hydrogen-bond donors (Lipinski definition) is 0. The van der Waals surface area contributed by atoms with Crippen molar-refractivity contribution >= 4 is 21.8 Å². The van der Waals surface area contributed by atoms with E-state index in [1.54, 1.807) is 0 Å². The largest absolute Gasteiger partial charge is 0.406 e. The maximum Gasteiger partial charge on any atom is 0.406 e. The summed E-state index contributed by atoms with van der Waals surface area (Å²) in [6.45, 7) is -1.40. The average Bonchev–Trinajstić information content (AvgIpc) is 2.27. The van der Waals surface area contributed by atoms with E-state index in [4.69, 9.17) is 0 Å². The van der Waals surface area contributed by atoms with E-state index in [1.807, 2.05) is 0 Å². The molecule has 0 radical (unpaired) electrons. The van der Waals surface area contributed by atoms with E-state index in [0.717, 1.165) is 24.3 Å². The van der Waals surface area contributed by atoms with Crippen LogP contribution in [0.15, 0.2) is 24.3 Å². The fourth-order valence-corrected chi connectivity index (χ4v) is 1.77. The van der Waals surface area contributed by atoms with Crippen LogP contribution in [-0.4, -0.2) is 35.4 Å². The molecule has 2 nitrogen and oxygen atoms in total. The molecule has 18 heavy (non-hydrogen) atoms. The molecule has 0 N–H and O–H groups in total. The van der Waals surface area contributed by atoms with Crippen LogP contribution >= 0.6 is 15.9 Å². The molecule has 0 aromatic heterocycles. The van der Waals surface area contributed by atoms with Gasteiger partial charge in [0.1, 0.15) is 12.4 Å². The molecule has 1 aromatic rings. The number of carbonyl (C=O) groups excluding carboxylic acids is 1. The Bertz CT molecular complexity index is 404. The fourth-order valence-electron chi connectivity index (χ4n) is 1.35. The summed E-state index contributed by atoms with van der Waals surface area (Å²) in [6, 6.07) is 4.39. The van der Waals surface area contributed by atoms with Gasteiger partial charge in [-0.05, 0) is 24.3 Å². The number of benzene rings is 1. The zero-order valence-electron chi connectivity index (χ0n) is 9.18. The van der Waals surface area contributed by atoms with E-state index in [1.165, 1.54) is 0 Å². The number of amides is 1. The summed E-state index contributed by atoms with van der Waals surface area (Å²) < 4.78 is 49.6. The molecule has 0 saturated carbocycles. The molecule has 0 saturated heterocycles. The minimum atomic E-state index is -4.46. The number of nitrogens with zero attached hydrogens (tertiary/aromatic N) is 1. The van der Waals surface area contributed by atoms with Gasteiger partial charge >= 0.3 is 6.18 Å². The molecule has 1 aromatic carbocycles. The topological polar surface area (TPSA) is 20.3 Å². The van der Waals surface area contributed by atoms with Crippen LogP contribution in [0.2, 0.25) is 0 Å². The Labute approximate surface area is 110 Å². The zero-order valence-corrected chi connectivity index (χ0v) is 10.8. The van der Waals surface area contributed by atoms with E-state index < -0.39 is 24.4 Å². The third kappa shape index (κ3) is 4.64. The van der Waals surface area contributed by atoms with Crippen LogP contribution in [0.25, 0.3) is 0 Å². The first-order valence-electron chi connectivity index (χ1n) is 5.01. The highest BCUT2D eigenvalue weighted by molar-refractivity contribution is 9.09. The lowest BCUT2D eigenvalue weighted by atomic mass is 10.2. The lowest BCUT2D eigenvalue weighted by Crippen LogP contribution is -2.40. The highest BCUT2D eigenvalue weighted by Crippen LogP contribution is 2.18. The average molecular weight is 328 g/mol. The summed E-state index contributed by atoms with van der Waals surface area (Å²) >= 11 is 2.99. The first-order chi connectivity index (χ1) is 8.33. The lowest BCUT2D eigenvalue weighted by Gasteiger charge is -2.23. The number of rotatable bonds is 4. The molecule has 0 atom stereocenters. The van der Waals surface area contributed by atoms with Crippen molar-refractivity contribution in [2.75, 3.05) is 18.4 Å². The second kappa shape index (κ2) is 6.17. The predicted molar refractivity (Wildman–Crippen MR) is 62.2 cm³/mol.